The molecule has 86 valence electrons. The number of aromatic nitrogens is 4. The van der Waals surface area contributed by atoms with Crippen molar-refractivity contribution in [1.29, 1.82) is 0 Å². The molecular formula is C12H18N4. The average Bonchev–Trinajstić information content (AvgIpc) is 2.60. The molecule has 0 fully saturated rings. The van der Waals surface area contributed by atoms with Crippen LogP contribution in [0, 0.1) is 0 Å². The van der Waals surface area contributed by atoms with Gasteiger partial charge in [0.15, 0.2) is 5.65 Å². The SMILES string of the molecule is CCCC(C)(C)c1ncc2cnn(C)c2n1. The molecule has 2 aromatic rings. The lowest BCUT2D eigenvalue weighted by Crippen LogP contribution is -2.20. The average molecular weight is 218 g/mol. The molecule has 2 rings (SSSR count). The van der Waals surface area contributed by atoms with Gasteiger partial charge in [0.25, 0.3) is 0 Å². The largest absolute Gasteiger partial charge is 0.250 e. The van der Waals surface area contributed by atoms with Crippen molar-refractivity contribution in [2.45, 2.75) is 39.0 Å². The molecular weight excluding hydrogens is 200 g/mol. The van der Waals surface area contributed by atoms with Gasteiger partial charge in [0.2, 0.25) is 0 Å². The van der Waals surface area contributed by atoms with Crippen molar-refractivity contribution in [2.75, 3.05) is 0 Å². The highest BCUT2D eigenvalue weighted by Gasteiger charge is 2.23. The second kappa shape index (κ2) is 3.85. The minimum atomic E-state index is 0.0349. The van der Waals surface area contributed by atoms with Crippen LogP contribution in [0.4, 0.5) is 0 Å². The first-order valence-electron chi connectivity index (χ1n) is 5.70. The van der Waals surface area contributed by atoms with E-state index in [1.807, 2.05) is 13.2 Å². The Morgan fingerprint density at radius 3 is 2.75 bits per heavy atom. The van der Waals surface area contributed by atoms with E-state index >= 15 is 0 Å². The molecule has 0 saturated heterocycles. The first kappa shape index (κ1) is 11.0. The van der Waals surface area contributed by atoms with Gasteiger partial charge in [-0.15, -0.1) is 0 Å². The summed E-state index contributed by atoms with van der Waals surface area (Å²) in [7, 11) is 1.91. The molecule has 16 heavy (non-hydrogen) atoms. The van der Waals surface area contributed by atoms with Crippen LogP contribution in [0.25, 0.3) is 11.0 Å². The number of nitrogens with zero attached hydrogens (tertiary/aromatic N) is 4. The zero-order valence-electron chi connectivity index (χ0n) is 10.4. The minimum absolute atomic E-state index is 0.0349. The summed E-state index contributed by atoms with van der Waals surface area (Å²) < 4.78 is 1.79. The van der Waals surface area contributed by atoms with Crippen LogP contribution in [0.1, 0.15) is 39.4 Å². The summed E-state index contributed by atoms with van der Waals surface area (Å²) in [4.78, 5) is 9.06. The van der Waals surface area contributed by atoms with E-state index in [-0.39, 0.29) is 5.41 Å². The number of aryl methyl sites for hydroxylation is 1. The third-order valence-corrected chi connectivity index (χ3v) is 2.95. The summed E-state index contributed by atoms with van der Waals surface area (Å²) >= 11 is 0. The standard InChI is InChI=1S/C12H18N4/c1-5-6-12(2,3)11-13-7-9-8-14-16(4)10(9)15-11/h7-8H,5-6H2,1-4H3. The van der Waals surface area contributed by atoms with E-state index in [0.29, 0.717) is 0 Å². The summed E-state index contributed by atoms with van der Waals surface area (Å²) in [5, 5.41) is 5.18. The summed E-state index contributed by atoms with van der Waals surface area (Å²) in [5.74, 6) is 0.908. The van der Waals surface area contributed by atoms with E-state index in [2.05, 4.69) is 35.8 Å². The van der Waals surface area contributed by atoms with Crippen molar-refractivity contribution in [1.82, 2.24) is 19.7 Å². The van der Waals surface area contributed by atoms with Gasteiger partial charge in [-0.25, -0.2) is 9.97 Å². The molecule has 0 amide bonds. The van der Waals surface area contributed by atoms with Crippen LogP contribution in [0.3, 0.4) is 0 Å². The van der Waals surface area contributed by atoms with E-state index < -0.39 is 0 Å². The molecule has 0 spiro atoms. The fourth-order valence-corrected chi connectivity index (χ4v) is 2.00. The highest BCUT2D eigenvalue weighted by Crippen LogP contribution is 2.26. The highest BCUT2D eigenvalue weighted by molar-refractivity contribution is 5.73. The van der Waals surface area contributed by atoms with Gasteiger partial charge in [0.1, 0.15) is 5.82 Å². The molecule has 0 saturated carbocycles. The van der Waals surface area contributed by atoms with Crippen LogP contribution in [0.2, 0.25) is 0 Å². The summed E-state index contributed by atoms with van der Waals surface area (Å²) in [6.45, 7) is 6.56. The Morgan fingerprint density at radius 1 is 1.31 bits per heavy atom. The lowest BCUT2D eigenvalue weighted by atomic mass is 9.87. The molecule has 4 nitrogen and oxygen atoms in total. The highest BCUT2D eigenvalue weighted by atomic mass is 15.3. The number of fused-ring (bicyclic) bond motifs is 1. The van der Waals surface area contributed by atoms with Crippen LogP contribution in [0.15, 0.2) is 12.4 Å². The molecule has 2 aromatic heterocycles. The maximum absolute atomic E-state index is 4.61. The maximum atomic E-state index is 4.61. The minimum Gasteiger partial charge on any atom is -0.250 e. The van der Waals surface area contributed by atoms with Gasteiger partial charge in [0, 0.05) is 18.7 Å². The quantitative estimate of drug-likeness (QED) is 0.794. The molecule has 0 unspecified atom stereocenters. The zero-order chi connectivity index (χ0) is 11.8. The molecule has 2 heterocycles. The smallest absolute Gasteiger partial charge is 0.161 e. The second-order valence-corrected chi connectivity index (χ2v) is 4.87. The van der Waals surface area contributed by atoms with E-state index in [4.69, 9.17) is 0 Å². The Labute approximate surface area is 95.7 Å². The normalized spacial score (nSPS) is 12.2. The molecule has 0 aliphatic carbocycles. The molecule has 0 radical (unpaired) electrons. The van der Waals surface area contributed by atoms with Crippen LogP contribution in [-0.2, 0) is 12.5 Å². The Bertz CT molecular complexity index is 499. The third kappa shape index (κ3) is 1.79. The molecule has 0 bridgehead atoms. The molecule has 0 atom stereocenters. The van der Waals surface area contributed by atoms with Gasteiger partial charge in [-0.3, -0.25) is 4.68 Å². The fraction of sp³-hybridized carbons (Fsp3) is 0.583. The molecule has 0 aliphatic heterocycles. The number of hydrogen-bond donors (Lipinski definition) is 0. The predicted molar refractivity (Wildman–Crippen MR) is 64.2 cm³/mol. The summed E-state index contributed by atoms with van der Waals surface area (Å²) in [6, 6.07) is 0. The molecule has 4 heteroatoms. The van der Waals surface area contributed by atoms with Crippen LogP contribution in [-0.4, -0.2) is 19.7 Å². The summed E-state index contributed by atoms with van der Waals surface area (Å²) in [5.41, 5.74) is 0.946. The van der Waals surface area contributed by atoms with Crippen molar-refractivity contribution in [2.24, 2.45) is 7.05 Å². The van der Waals surface area contributed by atoms with Gasteiger partial charge < -0.3 is 0 Å². The Morgan fingerprint density at radius 2 is 2.06 bits per heavy atom. The first-order chi connectivity index (χ1) is 7.54. The van der Waals surface area contributed by atoms with Gasteiger partial charge in [-0.05, 0) is 6.42 Å². The van der Waals surface area contributed by atoms with E-state index in [0.717, 1.165) is 29.7 Å². The Kier molecular flexibility index (Phi) is 2.66. The van der Waals surface area contributed by atoms with Gasteiger partial charge in [0.05, 0.1) is 11.6 Å². The van der Waals surface area contributed by atoms with Crippen molar-refractivity contribution in [3.8, 4) is 0 Å². The lowest BCUT2D eigenvalue weighted by Gasteiger charge is -2.21. The Hall–Kier alpha value is -1.45. The van der Waals surface area contributed by atoms with E-state index in [1.54, 1.807) is 10.9 Å². The van der Waals surface area contributed by atoms with Crippen molar-refractivity contribution >= 4 is 11.0 Å². The van der Waals surface area contributed by atoms with Gasteiger partial charge in [-0.2, -0.15) is 5.10 Å². The summed E-state index contributed by atoms with van der Waals surface area (Å²) in [6.07, 6.45) is 5.89. The molecule has 0 aromatic carbocycles. The van der Waals surface area contributed by atoms with Crippen molar-refractivity contribution in [3.05, 3.63) is 18.2 Å². The van der Waals surface area contributed by atoms with Gasteiger partial charge in [-0.1, -0.05) is 27.2 Å². The number of rotatable bonds is 3. The van der Waals surface area contributed by atoms with E-state index in [1.165, 1.54) is 0 Å². The lowest BCUT2D eigenvalue weighted by molar-refractivity contribution is 0.445. The van der Waals surface area contributed by atoms with Crippen molar-refractivity contribution < 1.29 is 0 Å². The maximum Gasteiger partial charge on any atom is 0.161 e. The fourth-order valence-electron chi connectivity index (χ4n) is 2.00. The zero-order valence-corrected chi connectivity index (χ0v) is 10.4. The molecule has 0 N–H and O–H groups in total. The van der Waals surface area contributed by atoms with Crippen LogP contribution >= 0.6 is 0 Å². The Balaban J connectivity index is 2.49. The van der Waals surface area contributed by atoms with E-state index in [9.17, 15) is 0 Å². The molecule has 0 aliphatic rings. The van der Waals surface area contributed by atoms with Crippen molar-refractivity contribution in [3.63, 3.8) is 0 Å². The third-order valence-electron chi connectivity index (χ3n) is 2.95. The number of hydrogen-bond acceptors (Lipinski definition) is 3. The van der Waals surface area contributed by atoms with Crippen LogP contribution in [0.5, 0.6) is 0 Å². The topological polar surface area (TPSA) is 43.6 Å². The first-order valence-corrected chi connectivity index (χ1v) is 5.70. The monoisotopic (exact) mass is 218 g/mol. The van der Waals surface area contributed by atoms with Gasteiger partial charge >= 0.3 is 0 Å². The predicted octanol–water partition coefficient (Wildman–Crippen LogP) is 2.44. The second-order valence-electron chi connectivity index (χ2n) is 4.87. The van der Waals surface area contributed by atoms with Crippen LogP contribution < -0.4 is 0 Å².